The third kappa shape index (κ3) is 3.49. The van der Waals surface area contributed by atoms with E-state index in [9.17, 15) is 4.79 Å². The number of nitrogens with one attached hydrogen (secondary N) is 2. The normalized spacial score (nSPS) is 15.2. The Morgan fingerprint density at radius 2 is 2.12 bits per heavy atom. The van der Waals surface area contributed by atoms with Crippen molar-refractivity contribution in [1.29, 1.82) is 0 Å². The molecule has 6 nitrogen and oxygen atoms in total. The molecule has 1 heterocycles. The lowest BCUT2D eigenvalue weighted by Crippen LogP contribution is -2.19. The van der Waals surface area contributed by atoms with Gasteiger partial charge in [-0.25, -0.2) is 10.5 Å². The molecule has 0 bridgehead atoms. The van der Waals surface area contributed by atoms with Crippen molar-refractivity contribution in [2.75, 3.05) is 20.3 Å². The van der Waals surface area contributed by atoms with Gasteiger partial charge in [0.05, 0.1) is 12.3 Å². The van der Waals surface area contributed by atoms with Crippen LogP contribution < -0.4 is 10.8 Å². The van der Waals surface area contributed by atoms with Gasteiger partial charge in [-0.05, 0) is 30.5 Å². The van der Waals surface area contributed by atoms with Crippen molar-refractivity contribution in [1.82, 2.24) is 15.8 Å². The number of methoxy groups -OCH3 is 1. The van der Waals surface area contributed by atoms with Gasteiger partial charge in [0, 0.05) is 36.6 Å². The number of carbonyl (C=O) groups excluding carboxylic acids is 1. The molecule has 3 rings (SSSR count). The molecule has 0 radical (unpaired) electrons. The van der Waals surface area contributed by atoms with Crippen molar-refractivity contribution >= 4 is 17.2 Å². The third-order valence-electron chi connectivity index (χ3n) is 4.30. The summed E-state index contributed by atoms with van der Waals surface area (Å²) >= 11 is 1.69. The summed E-state index contributed by atoms with van der Waals surface area (Å²) in [7, 11) is 1.69. The van der Waals surface area contributed by atoms with Gasteiger partial charge in [0.15, 0.2) is 0 Å². The van der Waals surface area contributed by atoms with E-state index in [2.05, 4.69) is 10.7 Å². The number of hydrogen-bond donors (Lipinski definition) is 3. The predicted octanol–water partition coefficient (Wildman–Crippen LogP) is 2.08. The van der Waals surface area contributed by atoms with E-state index in [1.165, 1.54) is 5.56 Å². The van der Waals surface area contributed by atoms with E-state index < -0.39 is 5.91 Å². The number of ether oxygens (including phenoxy) is 1. The van der Waals surface area contributed by atoms with Crippen LogP contribution in [0.4, 0.5) is 0 Å². The number of rotatable bonds is 8. The minimum Gasteiger partial charge on any atom is -0.383 e. The van der Waals surface area contributed by atoms with Crippen LogP contribution in [0.15, 0.2) is 29.6 Å². The molecule has 1 fully saturated rings. The maximum Gasteiger partial charge on any atom is 0.274 e. The van der Waals surface area contributed by atoms with Crippen molar-refractivity contribution in [3.8, 4) is 0 Å². The fraction of sp³-hybridized carbons (Fsp3) is 0.412. The third-order valence-corrected chi connectivity index (χ3v) is 5.40. The Balaban J connectivity index is 1.70. The van der Waals surface area contributed by atoms with Crippen LogP contribution in [0.3, 0.4) is 0 Å². The monoisotopic (exact) mass is 347 g/mol. The first-order valence-corrected chi connectivity index (χ1v) is 8.77. The van der Waals surface area contributed by atoms with Gasteiger partial charge in [0.1, 0.15) is 5.01 Å². The molecule has 1 aliphatic carbocycles. The van der Waals surface area contributed by atoms with E-state index in [4.69, 9.17) is 14.9 Å². The predicted molar refractivity (Wildman–Crippen MR) is 91.4 cm³/mol. The molecule has 1 aromatic heterocycles. The summed E-state index contributed by atoms with van der Waals surface area (Å²) < 4.78 is 5.02. The average molecular weight is 347 g/mol. The van der Waals surface area contributed by atoms with Gasteiger partial charge in [0.25, 0.3) is 5.91 Å². The number of aromatic nitrogens is 1. The van der Waals surface area contributed by atoms with Gasteiger partial charge in [-0.1, -0.05) is 12.1 Å². The standard InChI is InChI=1S/C17H21N3O3S/c1-23-9-8-18-10-14-11-24-16(19-14)17(6-7-17)13-4-2-12(3-5-13)15(21)20-22/h2-5,11,18,22H,6-10H2,1H3,(H,20,21). The van der Waals surface area contributed by atoms with Crippen LogP contribution in [0, 0.1) is 0 Å². The molecule has 0 aliphatic heterocycles. The molecule has 1 aromatic carbocycles. The highest BCUT2D eigenvalue weighted by atomic mass is 32.1. The Morgan fingerprint density at radius 1 is 1.38 bits per heavy atom. The van der Waals surface area contributed by atoms with Crippen LogP contribution >= 0.6 is 11.3 Å². The molecule has 2 aromatic rings. The second-order valence-corrected chi connectivity index (χ2v) is 6.77. The Bertz CT molecular complexity index is 695. The van der Waals surface area contributed by atoms with Gasteiger partial charge in [-0.3, -0.25) is 10.0 Å². The number of nitrogens with zero attached hydrogens (tertiary/aromatic N) is 1. The second kappa shape index (κ2) is 7.40. The lowest BCUT2D eigenvalue weighted by atomic mass is 9.95. The molecular weight excluding hydrogens is 326 g/mol. The van der Waals surface area contributed by atoms with Crippen molar-refractivity contribution in [3.63, 3.8) is 0 Å². The van der Waals surface area contributed by atoms with Gasteiger partial charge in [0.2, 0.25) is 0 Å². The van der Waals surface area contributed by atoms with Gasteiger partial charge in [-0.2, -0.15) is 0 Å². The van der Waals surface area contributed by atoms with E-state index in [0.29, 0.717) is 12.2 Å². The highest BCUT2D eigenvalue weighted by Crippen LogP contribution is 2.54. The van der Waals surface area contributed by atoms with E-state index in [1.54, 1.807) is 36.1 Å². The van der Waals surface area contributed by atoms with Gasteiger partial charge < -0.3 is 10.1 Å². The molecule has 0 atom stereocenters. The minimum atomic E-state index is -0.495. The van der Waals surface area contributed by atoms with Gasteiger partial charge >= 0.3 is 0 Å². The quantitative estimate of drug-likeness (QED) is 0.387. The van der Waals surface area contributed by atoms with Crippen LogP contribution in [0.2, 0.25) is 0 Å². The smallest absolute Gasteiger partial charge is 0.274 e. The lowest BCUT2D eigenvalue weighted by molar-refractivity contribution is 0.0706. The first kappa shape index (κ1) is 17.0. The van der Waals surface area contributed by atoms with E-state index in [0.717, 1.165) is 36.6 Å². The second-order valence-electron chi connectivity index (χ2n) is 5.91. The number of benzene rings is 1. The van der Waals surface area contributed by atoms with Crippen LogP contribution in [-0.2, 0) is 16.7 Å². The molecule has 0 saturated heterocycles. The fourth-order valence-electron chi connectivity index (χ4n) is 2.75. The van der Waals surface area contributed by atoms with Crippen LogP contribution in [0.1, 0.15) is 39.5 Å². The summed E-state index contributed by atoms with van der Waals surface area (Å²) in [5, 5.41) is 15.2. The Labute approximate surface area is 144 Å². The zero-order chi connectivity index (χ0) is 17.0. The van der Waals surface area contributed by atoms with Crippen molar-refractivity contribution < 1.29 is 14.7 Å². The zero-order valence-corrected chi connectivity index (χ0v) is 14.4. The molecule has 0 spiro atoms. The number of amides is 1. The molecular formula is C17H21N3O3S. The summed E-state index contributed by atoms with van der Waals surface area (Å²) in [6.45, 7) is 2.24. The molecule has 1 aliphatic rings. The largest absolute Gasteiger partial charge is 0.383 e. The summed E-state index contributed by atoms with van der Waals surface area (Å²) in [6.07, 6.45) is 2.14. The topological polar surface area (TPSA) is 83.5 Å². The highest BCUT2D eigenvalue weighted by Gasteiger charge is 2.48. The Kier molecular flexibility index (Phi) is 5.25. The molecule has 3 N–H and O–H groups in total. The highest BCUT2D eigenvalue weighted by molar-refractivity contribution is 7.09. The SMILES string of the molecule is COCCNCc1csc(C2(c3ccc(C(=O)NO)cc3)CC2)n1. The molecule has 0 unspecified atom stereocenters. The van der Waals surface area contributed by atoms with Crippen molar-refractivity contribution in [2.24, 2.45) is 0 Å². The summed E-state index contributed by atoms with van der Waals surface area (Å²) in [6, 6.07) is 7.38. The Morgan fingerprint density at radius 3 is 2.75 bits per heavy atom. The maximum absolute atomic E-state index is 11.4. The molecule has 1 amide bonds. The first-order chi connectivity index (χ1) is 11.7. The van der Waals surface area contributed by atoms with Crippen molar-refractivity contribution in [3.05, 3.63) is 51.5 Å². The maximum atomic E-state index is 11.4. The minimum absolute atomic E-state index is 0.0103. The summed E-state index contributed by atoms with van der Waals surface area (Å²) in [5.41, 5.74) is 4.31. The van der Waals surface area contributed by atoms with Crippen molar-refractivity contribution in [2.45, 2.75) is 24.8 Å². The molecule has 7 heteroatoms. The number of hydrogen-bond acceptors (Lipinski definition) is 6. The van der Waals surface area contributed by atoms with E-state index >= 15 is 0 Å². The molecule has 1 saturated carbocycles. The fourth-order valence-corrected chi connectivity index (χ4v) is 3.86. The van der Waals surface area contributed by atoms with Gasteiger partial charge in [-0.15, -0.1) is 11.3 Å². The summed E-state index contributed by atoms with van der Waals surface area (Å²) in [5.74, 6) is -0.495. The lowest BCUT2D eigenvalue weighted by Gasteiger charge is -2.13. The van der Waals surface area contributed by atoms with Crippen LogP contribution in [0.5, 0.6) is 0 Å². The molecule has 128 valence electrons. The zero-order valence-electron chi connectivity index (χ0n) is 13.5. The average Bonchev–Trinajstić information content (AvgIpc) is 3.30. The summed E-state index contributed by atoms with van der Waals surface area (Å²) in [4.78, 5) is 16.2. The first-order valence-electron chi connectivity index (χ1n) is 7.89. The van der Waals surface area contributed by atoms with E-state index in [-0.39, 0.29) is 5.41 Å². The van der Waals surface area contributed by atoms with Crippen LogP contribution in [0.25, 0.3) is 0 Å². The number of thiazole rings is 1. The van der Waals surface area contributed by atoms with Crippen LogP contribution in [-0.4, -0.2) is 36.4 Å². The molecule has 24 heavy (non-hydrogen) atoms. The Hall–Kier alpha value is -1.80. The number of hydroxylamine groups is 1. The number of carbonyl (C=O) groups is 1. The van der Waals surface area contributed by atoms with E-state index in [1.807, 2.05) is 12.1 Å².